The molecule has 0 fully saturated rings. The van der Waals surface area contributed by atoms with Crippen LogP contribution in [0.15, 0.2) is 10.5 Å². The summed E-state index contributed by atoms with van der Waals surface area (Å²) in [7, 11) is 0. The average molecular weight is 231 g/mol. The van der Waals surface area contributed by atoms with Crippen molar-refractivity contribution in [3.63, 3.8) is 0 Å². The molecule has 0 radical (unpaired) electrons. The van der Waals surface area contributed by atoms with E-state index >= 15 is 0 Å². The van der Waals surface area contributed by atoms with Crippen molar-refractivity contribution in [3.05, 3.63) is 25.9 Å². The topological polar surface area (TPSA) is 0 Å². The van der Waals surface area contributed by atoms with E-state index < -0.39 is 0 Å². The van der Waals surface area contributed by atoms with Crippen LogP contribution in [0.1, 0.15) is 22.2 Å². The van der Waals surface area contributed by atoms with Crippen LogP contribution in [0.25, 0.3) is 6.08 Å². The van der Waals surface area contributed by atoms with E-state index in [0.29, 0.717) is 0 Å². The molecule has 1 aromatic rings. The number of hydrogen-bond donors (Lipinski definition) is 0. The molecule has 0 aliphatic carbocycles. The predicted octanol–water partition coefficient (Wildman–Crippen LogP) is 4.12. The fourth-order valence-electron chi connectivity index (χ4n) is 0.983. The van der Waals surface area contributed by atoms with E-state index in [2.05, 4.69) is 48.8 Å². The van der Waals surface area contributed by atoms with Crippen LogP contribution in [-0.4, -0.2) is 0 Å². The molecule has 0 spiro atoms. The Kier molecular flexibility index (Phi) is 2.90. The Labute approximate surface area is 80.1 Å². The third-order valence-electron chi connectivity index (χ3n) is 1.41. The Morgan fingerprint density at radius 1 is 1.55 bits per heavy atom. The number of aryl methyl sites for hydroxylation is 2. The monoisotopic (exact) mass is 230 g/mol. The van der Waals surface area contributed by atoms with Gasteiger partial charge in [0, 0.05) is 9.75 Å². The van der Waals surface area contributed by atoms with Gasteiger partial charge in [-0.15, -0.1) is 11.3 Å². The highest BCUT2D eigenvalue weighted by molar-refractivity contribution is 9.11. The molecule has 0 bridgehead atoms. The van der Waals surface area contributed by atoms with Crippen molar-refractivity contribution >= 4 is 33.3 Å². The molecule has 0 atom stereocenters. The van der Waals surface area contributed by atoms with Gasteiger partial charge in [-0.05, 0) is 43.0 Å². The second-order valence-corrected chi connectivity index (χ2v) is 5.17. The highest BCUT2D eigenvalue weighted by Gasteiger charge is 1.98. The van der Waals surface area contributed by atoms with Crippen molar-refractivity contribution in [2.75, 3.05) is 0 Å². The van der Waals surface area contributed by atoms with Crippen molar-refractivity contribution in [1.29, 1.82) is 0 Å². The van der Waals surface area contributed by atoms with Gasteiger partial charge in [-0.2, -0.15) is 0 Å². The SMILES string of the molecule is C/C(Br)=C\c1sc(C)cc1C. The van der Waals surface area contributed by atoms with Crippen molar-refractivity contribution in [2.24, 2.45) is 0 Å². The number of allylic oxidation sites excluding steroid dienone is 1. The summed E-state index contributed by atoms with van der Waals surface area (Å²) < 4.78 is 1.18. The largest absolute Gasteiger partial charge is 0.141 e. The third-order valence-corrected chi connectivity index (χ3v) is 2.74. The maximum atomic E-state index is 3.42. The molecule has 11 heavy (non-hydrogen) atoms. The molecular weight excluding hydrogens is 220 g/mol. The van der Waals surface area contributed by atoms with Crippen LogP contribution in [-0.2, 0) is 0 Å². The molecule has 0 N–H and O–H groups in total. The summed E-state index contributed by atoms with van der Waals surface area (Å²) >= 11 is 5.26. The van der Waals surface area contributed by atoms with E-state index in [0.717, 1.165) is 0 Å². The van der Waals surface area contributed by atoms with E-state index in [4.69, 9.17) is 0 Å². The third kappa shape index (κ3) is 2.46. The first-order chi connectivity index (χ1) is 5.09. The summed E-state index contributed by atoms with van der Waals surface area (Å²) in [6, 6.07) is 2.21. The van der Waals surface area contributed by atoms with E-state index in [-0.39, 0.29) is 0 Å². The number of hydrogen-bond acceptors (Lipinski definition) is 1. The van der Waals surface area contributed by atoms with Crippen LogP contribution in [0.4, 0.5) is 0 Å². The van der Waals surface area contributed by atoms with Crippen LogP contribution in [0, 0.1) is 13.8 Å². The van der Waals surface area contributed by atoms with Gasteiger partial charge in [0.15, 0.2) is 0 Å². The molecule has 0 aliphatic rings. The molecule has 1 aromatic heterocycles. The van der Waals surface area contributed by atoms with Gasteiger partial charge in [-0.1, -0.05) is 15.9 Å². The molecule has 0 saturated carbocycles. The summed E-state index contributed by atoms with van der Waals surface area (Å²) in [5.74, 6) is 0. The molecule has 0 saturated heterocycles. The van der Waals surface area contributed by atoms with Gasteiger partial charge < -0.3 is 0 Å². The number of rotatable bonds is 1. The summed E-state index contributed by atoms with van der Waals surface area (Å²) in [6.45, 7) is 6.33. The van der Waals surface area contributed by atoms with Crippen LogP contribution in [0.3, 0.4) is 0 Å². The second kappa shape index (κ2) is 3.55. The summed E-state index contributed by atoms with van der Waals surface area (Å²) in [5, 5.41) is 0. The summed E-state index contributed by atoms with van der Waals surface area (Å²) in [5.41, 5.74) is 1.37. The lowest BCUT2D eigenvalue weighted by Gasteiger charge is -1.88. The maximum Gasteiger partial charge on any atom is 0.0310 e. The van der Waals surface area contributed by atoms with Gasteiger partial charge in [-0.25, -0.2) is 0 Å². The van der Waals surface area contributed by atoms with Gasteiger partial charge in [0.1, 0.15) is 0 Å². The molecule has 60 valence electrons. The predicted molar refractivity (Wildman–Crippen MR) is 56.4 cm³/mol. The zero-order chi connectivity index (χ0) is 8.43. The molecule has 0 unspecified atom stereocenters. The first-order valence-corrected chi connectivity index (χ1v) is 5.11. The lowest BCUT2D eigenvalue weighted by Crippen LogP contribution is -1.67. The number of thiophene rings is 1. The van der Waals surface area contributed by atoms with Crippen molar-refractivity contribution in [2.45, 2.75) is 20.8 Å². The molecule has 1 rings (SSSR count). The fraction of sp³-hybridized carbons (Fsp3) is 0.333. The molecule has 2 heteroatoms. The minimum Gasteiger partial charge on any atom is -0.141 e. The molecule has 0 amide bonds. The second-order valence-electron chi connectivity index (χ2n) is 2.64. The van der Waals surface area contributed by atoms with Crippen LogP contribution in [0.2, 0.25) is 0 Å². The normalized spacial score (nSPS) is 12.2. The summed E-state index contributed by atoms with van der Waals surface area (Å²) in [6.07, 6.45) is 2.16. The Bertz CT molecular complexity index is 280. The zero-order valence-corrected chi connectivity index (χ0v) is 9.34. The van der Waals surface area contributed by atoms with Crippen molar-refractivity contribution < 1.29 is 0 Å². The van der Waals surface area contributed by atoms with Crippen molar-refractivity contribution in [1.82, 2.24) is 0 Å². The van der Waals surface area contributed by atoms with Crippen LogP contribution < -0.4 is 0 Å². The Balaban J connectivity index is 3.04. The average Bonchev–Trinajstić information content (AvgIpc) is 2.09. The first kappa shape index (κ1) is 9.01. The van der Waals surface area contributed by atoms with Gasteiger partial charge in [0.25, 0.3) is 0 Å². The maximum absolute atomic E-state index is 3.42. The van der Waals surface area contributed by atoms with Crippen LogP contribution in [0.5, 0.6) is 0 Å². The molecule has 0 aliphatic heterocycles. The number of halogens is 1. The van der Waals surface area contributed by atoms with Gasteiger partial charge >= 0.3 is 0 Å². The smallest absolute Gasteiger partial charge is 0.0310 e. The molecular formula is C9H11BrS. The minimum absolute atomic E-state index is 1.18. The fourth-order valence-corrected chi connectivity index (χ4v) is 2.40. The van der Waals surface area contributed by atoms with E-state index in [1.807, 2.05) is 11.3 Å². The quantitative estimate of drug-likeness (QED) is 0.681. The van der Waals surface area contributed by atoms with Gasteiger partial charge in [-0.3, -0.25) is 0 Å². The Morgan fingerprint density at radius 2 is 2.18 bits per heavy atom. The van der Waals surface area contributed by atoms with E-state index in [9.17, 15) is 0 Å². The van der Waals surface area contributed by atoms with Crippen LogP contribution >= 0.6 is 27.3 Å². The van der Waals surface area contributed by atoms with E-state index in [1.54, 1.807) is 0 Å². The first-order valence-electron chi connectivity index (χ1n) is 3.50. The van der Waals surface area contributed by atoms with Gasteiger partial charge in [0.2, 0.25) is 0 Å². The Morgan fingerprint density at radius 3 is 2.55 bits per heavy atom. The highest BCUT2D eigenvalue weighted by Crippen LogP contribution is 2.24. The summed E-state index contributed by atoms with van der Waals surface area (Å²) in [4.78, 5) is 2.74. The standard InChI is InChI=1S/C9H11BrS/c1-6-4-8(3)11-9(6)5-7(2)10/h4-5H,1-3H3/b7-5+. The molecule has 0 aromatic carbocycles. The molecule has 0 nitrogen and oxygen atoms in total. The van der Waals surface area contributed by atoms with Gasteiger partial charge in [0.05, 0.1) is 0 Å². The van der Waals surface area contributed by atoms with Crippen molar-refractivity contribution in [3.8, 4) is 0 Å². The zero-order valence-electron chi connectivity index (χ0n) is 6.94. The lowest BCUT2D eigenvalue weighted by atomic mass is 10.2. The molecule has 1 heterocycles. The van der Waals surface area contributed by atoms with E-state index in [1.165, 1.54) is 19.8 Å². The highest BCUT2D eigenvalue weighted by atomic mass is 79.9. The lowest BCUT2D eigenvalue weighted by molar-refractivity contribution is 1.49. The Hall–Kier alpha value is -0.0800. The minimum atomic E-state index is 1.18.